The normalized spacial score (nSPS) is 20.4. The topological polar surface area (TPSA) is 71.3 Å². The summed E-state index contributed by atoms with van der Waals surface area (Å²) in [6, 6.07) is 1.89. The molecule has 7 heteroatoms. The minimum absolute atomic E-state index is 0.00353. The van der Waals surface area contributed by atoms with Crippen molar-refractivity contribution in [1.29, 1.82) is 0 Å². The molecule has 1 atom stereocenters. The number of nitrogens with one attached hydrogen (secondary N) is 1. The Morgan fingerprint density at radius 3 is 3.06 bits per heavy atom. The Bertz CT molecular complexity index is 440. The molecule has 0 amide bonds. The second-order valence-electron chi connectivity index (χ2n) is 4.06. The lowest BCUT2D eigenvalue weighted by molar-refractivity contribution is -0.385. The van der Waals surface area contributed by atoms with Crippen molar-refractivity contribution in [2.24, 2.45) is 0 Å². The minimum Gasteiger partial charge on any atom is -0.353 e. The first-order chi connectivity index (χ1) is 8.08. The summed E-state index contributed by atoms with van der Waals surface area (Å²) >= 11 is 3.34. The Balaban J connectivity index is 2.23. The molecule has 92 valence electrons. The van der Waals surface area contributed by atoms with E-state index >= 15 is 0 Å². The average molecular weight is 301 g/mol. The summed E-state index contributed by atoms with van der Waals surface area (Å²) in [5, 5.41) is 14.0. The van der Waals surface area contributed by atoms with Gasteiger partial charge in [-0.2, -0.15) is 0 Å². The molecule has 1 aliphatic rings. The monoisotopic (exact) mass is 300 g/mol. The van der Waals surface area contributed by atoms with Crippen LogP contribution in [0.3, 0.4) is 0 Å². The first-order valence-corrected chi connectivity index (χ1v) is 6.15. The predicted molar refractivity (Wildman–Crippen MR) is 68.3 cm³/mol. The third-order valence-corrected chi connectivity index (χ3v) is 3.27. The lowest BCUT2D eigenvalue weighted by Crippen LogP contribution is -2.49. The number of pyridine rings is 1. The van der Waals surface area contributed by atoms with Gasteiger partial charge in [0.05, 0.1) is 9.40 Å². The van der Waals surface area contributed by atoms with Crippen LogP contribution in [0.15, 0.2) is 16.7 Å². The average Bonchev–Trinajstić information content (AvgIpc) is 2.28. The number of anilines is 1. The van der Waals surface area contributed by atoms with E-state index in [1.165, 1.54) is 12.3 Å². The molecule has 1 aromatic rings. The summed E-state index contributed by atoms with van der Waals surface area (Å²) in [5.74, 6) is 0.768. The third-order valence-electron chi connectivity index (χ3n) is 2.69. The molecule has 1 fully saturated rings. The van der Waals surface area contributed by atoms with Crippen molar-refractivity contribution >= 4 is 27.4 Å². The Hall–Kier alpha value is -1.21. The number of hydrogen-bond donors (Lipinski definition) is 1. The quantitative estimate of drug-likeness (QED) is 0.663. The first-order valence-electron chi connectivity index (χ1n) is 5.36. The van der Waals surface area contributed by atoms with Gasteiger partial charge in [-0.25, -0.2) is 4.98 Å². The van der Waals surface area contributed by atoms with E-state index in [9.17, 15) is 10.1 Å². The van der Waals surface area contributed by atoms with E-state index in [-0.39, 0.29) is 5.69 Å². The van der Waals surface area contributed by atoms with Crippen LogP contribution in [0.25, 0.3) is 0 Å². The summed E-state index contributed by atoms with van der Waals surface area (Å²) < 4.78 is 0.667. The van der Waals surface area contributed by atoms with Gasteiger partial charge in [0.15, 0.2) is 0 Å². The maximum Gasteiger partial charge on any atom is 0.288 e. The standard InChI is InChI=1S/C10H13BrN4O2/c1-7-6-14(3-2-12-7)10-9(11)4-8(5-13-10)15(16)17/h4-5,7,12H,2-3,6H2,1H3/t7-/m0/s1. The zero-order valence-corrected chi connectivity index (χ0v) is 11.0. The van der Waals surface area contributed by atoms with E-state index in [2.05, 4.69) is 38.1 Å². The van der Waals surface area contributed by atoms with Crippen molar-refractivity contribution in [3.63, 3.8) is 0 Å². The van der Waals surface area contributed by atoms with E-state index in [4.69, 9.17) is 0 Å². The molecule has 17 heavy (non-hydrogen) atoms. The van der Waals surface area contributed by atoms with Crippen molar-refractivity contribution in [3.05, 3.63) is 26.9 Å². The zero-order chi connectivity index (χ0) is 12.4. The number of halogens is 1. The minimum atomic E-state index is -0.443. The van der Waals surface area contributed by atoms with Gasteiger partial charge in [0.2, 0.25) is 0 Å². The van der Waals surface area contributed by atoms with E-state index in [1.807, 2.05) is 0 Å². The van der Waals surface area contributed by atoms with E-state index < -0.39 is 4.92 Å². The maximum absolute atomic E-state index is 10.6. The molecular formula is C10H13BrN4O2. The molecule has 0 aromatic carbocycles. The summed E-state index contributed by atoms with van der Waals surface area (Å²) in [6.45, 7) is 4.70. The van der Waals surface area contributed by atoms with Crippen LogP contribution in [0.2, 0.25) is 0 Å². The molecule has 2 heterocycles. The Morgan fingerprint density at radius 1 is 1.71 bits per heavy atom. The smallest absolute Gasteiger partial charge is 0.288 e. The molecule has 0 aliphatic carbocycles. The highest BCUT2D eigenvalue weighted by atomic mass is 79.9. The number of nitrogens with zero attached hydrogens (tertiary/aromatic N) is 3. The van der Waals surface area contributed by atoms with Crippen LogP contribution in [0.4, 0.5) is 11.5 Å². The molecule has 0 unspecified atom stereocenters. The Morgan fingerprint density at radius 2 is 2.47 bits per heavy atom. The highest BCUT2D eigenvalue weighted by Crippen LogP contribution is 2.27. The van der Waals surface area contributed by atoms with Crippen LogP contribution in [0, 0.1) is 10.1 Å². The molecule has 0 bridgehead atoms. The molecule has 1 N–H and O–H groups in total. The zero-order valence-electron chi connectivity index (χ0n) is 9.39. The molecule has 1 saturated heterocycles. The lowest BCUT2D eigenvalue weighted by atomic mass is 10.2. The summed E-state index contributed by atoms with van der Waals surface area (Å²) in [6.07, 6.45) is 1.30. The van der Waals surface area contributed by atoms with Gasteiger partial charge in [0, 0.05) is 31.7 Å². The Labute approximate surface area is 107 Å². The van der Waals surface area contributed by atoms with Gasteiger partial charge in [-0.3, -0.25) is 10.1 Å². The fourth-order valence-corrected chi connectivity index (χ4v) is 2.47. The summed E-state index contributed by atoms with van der Waals surface area (Å²) in [7, 11) is 0. The maximum atomic E-state index is 10.6. The summed E-state index contributed by atoms with van der Waals surface area (Å²) in [4.78, 5) is 16.5. The van der Waals surface area contributed by atoms with Gasteiger partial charge < -0.3 is 10.2 Å². The molecule has 0 spiro atoms. The van der Waals surface area contributed by atoms with Crippen molar-refractivity contribution in [3.8, 4) is 0 Å². The number of aromatic nitrogens is 1. The van der Waals surface area contributed by atoms with Gasteiger partial charge in [0.25, 0.3) is 5.69 Å². The number of hydrogen-bond acceptors (Lipinski definition) is 5. The second-order valence-corrected chi connectivity index (χ2v) is 4.91. The van der Waals surface area contributed by atoms with Crippen LogP contribution in [-0.4, -0.2) is 35.6 Å². The van der Waals surface area contributed by atoms with Crippen molar-refractivity contribution in [2.75, 3.05) is 24.5 Å². The van der Waals surface area contributed by atoms with Crippen molar-refractivity contribution in [2.45, 2.75) is 13.0 Å². The van der Waals surface area contributed by atoms with Gasteiger partial charge in [-0.05, 0) is 22.9 Å². The Kier molecular flexibility index (Phi) is 3.58. The summed E-state index contributed by atoms with van der Waals surface area (Å²) in [5.41, 5.74) is 0.00353. The molecule has 2 rings (SSSR count). The molecular weight excluding hydrogens is 288 g/mol. The highest BCUT2D eigenvalue weighted by Gasteiger charge is 2.20. The number of nitro groups is 1. The SMILES string of the molecule is C[C@H]1CN(c2ncc([N+](=O)[O-])cc2Br)CCN1. The van der Waals surface area contributed by atoms with Crippen LogP contribution in [0.5, 0.6) is 0 Å². The van der Waals surface area contributed by atoms with Gasteiger partial charge >= 0.3 is 0 Å². The van der Waals surface area contributed by atoms with E-state index in [0.29, 0.717) is 10.5 Å². The molecule has 1 aliphatic heterocycles. The van der Waals surface area contributed by atoms with Gasteiger partial charge in [-0.15, -0.1) is 0 Å². The van der Waals surface area contributed by atoms with Crippen molar-refractivity contribution < 1.29 is 4.92 Å². The van der Waals surface area contributed by atoms with Gasteiger partial charge in [0.1, 0.15) is 12.0 Å². The van der Waals surface area contributed by atoms with Crippen LogP contribution in [0.1, 0.15) is 6.92 Å². The van der Waals surface area contributed by atoms with Crippen molar-refractivity contribution in [1.82, 2.24) is 10.3 Å². The van der Waals surface area contributed by atoms with Gasteiger partial charge in [-0.1, -0.05) is 0 Å². The third kappa shape index (κ3) is 2.73. The van der Waals surface area contributed by atoms with Crippen LogP contribution in [-0.2, 0) is 0 Å². The molecule has 0 saturated carbocycles. The second kappa shape index (κ2) is 4.97. The predicted octanol–water partition coefficient (Wildman–Crippen LogP) is 1.55. The molecule has 6 nitrogen and oxygen atoms in total. The lowest BCUT2D eigenvalue weighted by Gasteiger charge is -2.33. The molecule has 1 aromatic heterocycles. The fraction of sp³-hybridized carbons (Fsp3) is 0.500. The fourth-order valence-electron chi connectivity index (χ4n) is 1.88. The van der Waals surface area contributed by atoms with Crippen LogP contribution >= 0.6 is 15.9 Å². The first kappa shape index (κ1) is 12.3. The molecule has 0 radical (unpaired) electrons. The highest BCUT2D eigenvalue weighted by molar-refractivity contribution is 9.10. The number of rotatable bonds is 2. The number of piperazine rings is 1. The van der Waals surface area contributed by atoms with Crippen LogP contribution < -0.4 is 10.2 Å². The van der Waals surface area contributed by atoms with E-state index in [1.54, 1.807) is 0 Å². The van der Waals surface area contributed by atoms with E-state index in [0.717, 1.165) is 25.5 Å². The largest absolute Gasteiger partial charge is 0.353 e.